The lowest BCUT2D eigenvalue weighted by Gasteiger charge is -2.11. The highest BCUT2D eigenvalue weighted by atomic mass is 16.7. The molecule has 2 aromatic rings. The number of hydrogen-bond donors (Lipinski definition) is 2. The van der Waals surface area contributed by atoms with Gasteiger partial charge in [-0.25, -0.2) is 9.97 Å². The second-order valence-corrected chi connectivity index (χ2v) is 5.56. The molecule has 7 heteroatoms. The van der Waals surface area contributed by atoms with E-state index in [2.05, 4.69) is 25.5 Å². The average molecular weight is 315 g/mol. The highest BCUT2D eigenvalue weighted by Gasteiger charge is 2.13. The van der Waals surface area contributed by atoms with Crippen molar-refractivity contribution >= 4 is 11.6 Å². The van der Waals surface area contributed by atoms with Crippen molar-refractivity contribution in [3.63, 3.8) is 0 Å². The van der Waals surface area contributed by atoms with Gasteiger partial charge in [0.05, 0.1) is 0 Å². The monoisotopic (exact) mass is 315 g/mol. The molecule has 0 fully saturated rings. The number of likely N-dealkylation sites (N-methyl/N-ethyl adjacent to an activating group) is 1. The topological polar surface area (TPSA) is 71.5 Å². The molecule has 0 aliphatic carbocycles. The van der Waals surface area contributed by atoms with Crippen LogP contribution < -0.4 is 20.1 Å². The normalized spacial score (nSPS) is 12.5. The minimum Gasteiger partial charge on any atom is -0.454 e. The van der Waals surface area contributed by atoms with Gasteiger partial charge in [0.2, 0.25) is 6.79 Å². The fourth-order valence-corrected chi connectivity index (χ4v) is 2.20. The number of ether oxygens (including phenoxy) is 2. The fourth-order valence-electron chi connectivity index (χ4n) is 2.20. The van der Waals surface area contributed by atoms with Crippen LogP contribution in [0.4, 0.5) is 11.6 Å². The molecule has 1 aromatic carbocycles. The first-order valence-electron chi connectivity index (χ1n) is 7.54. The summed E-state index contributed by atoms with van der Waals surface area (Å²) in [6.45, 7) is 2.74. The number of hydrogen-bond acceptors (Lipinski definition) is 7. The minimum absolute atomic E-state index is 0.292. The van der Waals surface area contributed by atoms with Crippen molar-refractivity contribution in [1.82, 2.24) is 14.9 Å². The van der Waals surface area contributed by atoms with Gasteiger partial charge in [-0.2, -0.15) is 0 Å². The predicted octanol–water partition coefficient (Wildman–Crippen LogP) is 1.79. The lowest BCUT2D eigenvalue weighted by Crippen LogP contribution is -2.21. The average Bonchev–Trinajstić information content (AvgIpc) is 3.00. The van der Waals surface area contributed by atoms with Gasteiger partial charge in [0.25, 0.3) is 0 Å². The van der Waals surface area contributed by atoms with E-state index in [4.69, 9.17) is 9.47 Å². The fraction of sp³-hybridized carbons (Fsp3) is 0.375. The van der Waals surface area contributed by atoms with Crippen molar-refractivity contribution in [2.75, 3.05) is 44.6 Å². The molecule has 1 aliphatic rings. The standard InChI is InChI=1S/C16H21N5O2/c1-21(2)6-5-17-15-8-16(20-10-19-15)18-9-12-3-4-13-14(7-12)23-11-22-13/h3-4,7-8,10H,5-6,9,11H2,1-2H3,(H2,17,18,19,20). The second-order valence-electron chi connectivity index (χ2n) is 5.56. The van der Waals surface area contributed by atoms with Gasteiger partial charge in [-0.3, -0.25) is 0 Å². The van der Waals surface area contributed by atoms with Crippen molar-refractivity contribution in [1.29, 1.82) is 0 Å². The Morgan fingerprint density at radius 3 is 2.65 bits per heavy atom. The van der Waals surface area contributed by atoms with Crippen LogP contribution in [0.1, 0.15) is 5.56 Å². The van der Waals surface area contributed by atoms with E-state index >= 15 is 0 Å². The Hall–Kier alpha value is -2.54. The van der Waals surface area contributed by atoms with Crippen molar-refractivity contribution < 1.29 is 9.47 Å². The van der Waals surface area contributed by atoms with Crippen LogP contribution in [-0.4, -0.2) is 48.8 Å². The molecular formula is C16H21N5O2. The molecule has 3 rings (SSSR count). The third-order valence-corrected chi connectivity index (χ3v) is 3.44. The van der Waals surface area contributed by atoms with Gasteiger partial charge in [0, 0.05) is 25.7 Å². The van der Waals surface area contributed by atoms with Crippen molar-refractivity contribution in [3.05, 3.63) is 36.2 Å². The first-order chi connectivity index (χ1) is 11.2. The maximum absolute atomic E-state index is 5.38. The van der Waals surface area contributed by atoms with E-state index in [-0.39, 0.29) is 0 Å². The maximum atomic E-state index is 5.38. The minimum atomic E-state index is 0.292. The van der Waals surface area contributed by atoms with Gasteiger partial charge in [-0.05, 0) is 31.8 Å². The number of nitrogens with zero attached hydrogens (tertiary/aromatic N) is 3. The van der Waals surface area contributed by atoms with Crippen LogP contribution in [0, 0.1) is 0 Å². The highest BCUT2D eigenvalue weighted by molar-refractivity contribution is 5.48. The quantitative estimate of drug-likeness (QED) is 0.807. The first-order valence-corrected chi connectivity index (χ1v) is 7.54. The second kappa shape index (κ2) is 7.15. The number of nitrogens with one attached hydrogen (secondary N) is 2. The summed E-state index contributed by atoms with van der Waals surface area (Å²) >= 11 is 0. The van der Waals surface area contributed by atoms with Gasteiger partial charge < -0.3 is 25.0 Å². The smallest absolute Gasteiger partial charge is 0.231 e. The summed E-state index contributed by atoms with van der Waals surface area (Å²) < 4.78 is 10.7. The van der Waals surface area contributed by atoms with E-state index in [1.54, 1.807) is 6.33 Å². The van der Waals surface area contributed by atoms with Crippen molar-refractivity contribution in [2.45, 2.75) is 6.54 Å². The van der Waals surface area contributed by atoms with Gasteiger partial charge in [-0.15, -0.1) is 0 Å². The summed E-state index contributed by atoms with van der Waals surface area (Å²) in [6, 6.07) is 7.82. The molecule has 1 aromatic heterocycles. The first kappa shape index (κ1) is 15.4. The molecule has 1 aliphatic heterocycles. The molecular weight excluding hydrogens is 294 g/mol. The Labute approximate surface area is 135 Å². The summed E-state index contributed by atoms with van der Waals surface area (Å²) in [5.41, 5.74) is 1.11. The summed E-state index contributed by atoms with van der Waals surface area (Å²) in [7, 11) is 4.08. The summed E-state index contributed by atoms with van der Waals surface area (Å²) in [5.74, 6) is 3.18. The molecule has 0 saturated carbocycles. The van der Waals surface area contributed by atoms with Crippen LogP contribution in [0.3, 0.4) is 0 Å². The number of rotatable bonds is 7. The molecule has 2 heterocycles. The molecule has 7 nitrogen and oxygen atoms in total. The maximum Gasteiger partial charge on any atom is 0.231 e. The number of fused-ring (bicyclic) bond motifs is 1. The van der Waals surface area contributed by atoms with Gasteiger partial charge in [-0.1, -0.05) is 6.07 Å². The Kier molecular flexibility index (Phi) is 4.77. The molecule has 0 spiro atoms. The van der Waals surface area contributed by atoms with Crippen LogP contribution in [0.5, 0.6) is 11.5 Å². The molecule has 122 valence electrons. The van der Waals surface area contributed by atoms with E-state index in [9.17, 15) is 0 Å². The third-order valence-electron chi connectivity index (χ3n) is 3.44. The van der Waals surface area contributed by atoms with Gasteiger partial charge >= 0.3 is 0 Å². The van der Waals surface area contributed by atoms with E-state index in [0.717, 1.165) is 41.8 Å². The molecule has 0 bridgehead atoms. The summed E-state index contributed by atoms with van der Waals surface area (Å²) in [6.07, 6.45) is 1.56. The van der Waals surface area contributed by atoms with Crippen LogP contribution in [0.25, 0.3) is 0 Å². The lowest BCUT2D eigenvalue weighted by molar-refractivity contribution is 0.174. The number of anilines is 2. The summed E-state index contributed by atoms with van der Waals surface area (Å²) in [5, 5.41) is 6.57. The van der Waals surface area contributed by atoms with Gasteiger partial charge in [0.1, 0.15) is 18.0 Å². The molecule has 0 saturated heterocycles. The molecule has 23 heavy (non-hydrogen) atoms. The van der Waals surface area contributed by atoms with Crippen LogP contribution >= 0.6 is 0 Å². The summed E-state index contributed by atoms with van der Waals surface area (Å²) in [4.78, 5) is 10.6. The van der Waals surface area contributed by atoms with Crippen molar-refractivity contribution in [2.24, 2.45) is 0 Å². The lowest BCUT2D eigenvalue weighted by atomic mass is 10.2. The Morgan fingerprint density at radius 1 is 1.04 bits per heavy atom. The zero-order valence-electron chi connectivity index (χ0n) is 13.4. The molecule has 2 N–H and O–H groups in total. The molecule has 0 radical (unpaired) electrons. The van der Waals surface area contributed by atoms with Crippen LogP contribution in [-0.2, 0) is 6.54 Å². The Balaban J connectivity index is 1.55. The molecule has 0 amide bonds. The van der Waals surface area contributed by atoms with E-state index in [1.807, 2.05) is 38.4 Å². The predicted molar refractivity (Wildman–Crippen MR) is 89.0 cm³/mol. The van der Waals surface area contributed by atoms with Crippen LogP contribution in [0.2, 0.25) is 0 Å². The molecule has 0 atom stereocenters. The van der Waals surface area contributed by atoms with E-state index in [0.29, 0.717) is 13.3 Å². The number of benzene rings is 1. The Bertz CT molecular complexity index is 663. The van der Waals surface area contributed by atoms with E-state index in [1.165, 1.54) is 0 Å². The largest absolute Gasteiger partial charge is 0.454 e. The number of aromatic nitrogens is 2. The third kappa shape index (κ3) is 4.23. The highest BCUT2D eigenvalue weighted by Crippen LogP contribution is 2.32. The SMILES string of the molecule is CN(C)CCNc1cc(NCc2ccc3c(c2)OCO3)ncn1. The zero-order chi connectivity index (χ0) is 16.1. The van der Waals surface area contributed by atoms with Gasteiger partial charge in [0.15, 0.2) is 11.5 Å². The van der Waals surface area contributed by atoms with Crippen molar-refractivity contribution in [3.8, 4) is 11.5 Å². The molecule has 0 unspecified atom stereocenters. The van der Waals surface area contributed by atoms with E-state index < -0.39 is 0 Å². The Morgan fingerprint density at radius 2 is 1.83 bits per heavy atom. The zero-order valence-corrected chi connectivity index (χ0v) is 13.4. The van der Waals surface area contributed by atoms with Crippen LogP contribution in [0.15, 0.2) is 30.6 Å².